The smallest absolute Gasteiger partial charge is 0.253 e. The standard InChI is InChI=1S/C17H27N3O4S/c1-17(2)12-20(9-7-15(17)18)16(21)13-5-4-6-14(11-13)25(22,23)19-8-10-24-3/h4-6,11,15,19H,7-10,12,18H2,1-3H3. The minimum atomic E-state index is -3.67. The molecule has 1 aromatic rings. The number of carbonyl (C=O) groups is 1. The molecule has 140 valence electrons. The molecule has 8 heteroatoms. The maximum absolute atomic E-state index is 12.8. The molecule has 3 N–H and O–H groups in total. The number of nitrogens with one attached hydrogen (secondary N) is 1. The Morgan fingerprint density at radius 2 is 2.16 bits per heavy atom. The van der Waals surface area contributed by atoms with Crippen LogP contribution in [0.3, 0.4) is 0 Å². The molecule has 1 fully saturated rings. The minimum absolute atomic E-state index is 0.0493. The number of rotatable bonds is 6. The number of ether oxygens (including phenoxy) is 1. The van der Waals surface area contributed by atoms with Crippen LogP contribution >= 0.6 is 0 Å². The molecule has 2 rings (SSSR count). The van der Waals surface area contributed by atoms with Crippen molar-refractivity contribution in [3.63, 3.8) is 0 Å². The number of hydrogen-bond donors (Lipinski definition) is 2. The molecule has 7 nitrogen and oxygen atoms in total. The summed E-state index contributed by atoms with van der Waals surface area (Å²) in [6.07, 6.45) is 0.731. The third-order valence-corrected chi connectivity index (χ3v) is 6.05. The molecule has 1 unspecified atom stereocenters. The first-order valence-corrected chi connectivity index (χ1v) is 9.79. The average molecular weight is 369 g/mol. The largest absolute Gasteiger partial charge is 0.383 e. The molecule has 25 heavy (non-hydrogen) atoms. The van der Waals surface area contributed by atoms with Gasteiger partial charge in [0.15, 0.2) is 0 Å². The van der Waals surface area contributed by atoms with E-state index >= 15 is 0 Å². The number of nitrogens with two attached hydrogens (primary N) is 1. The van der Waals surface area contributed by atoms with Gasteiger partial charge < -0.3 is 15.4 Å². The van der Waals surface area contributed by atoms with E-state index in [0.717, 1.165) is 6.42 Å². The highest BCUT2D eigenvalue weighted by molar-refractivity contribution is 7.89. The number of carbonyl (C=O) groups excluding carboxylic acids is 1. The van der Waals surface area contributed by atoms with Crippen LogP contribution in [0.15, 0.2) is 29.2 Å². The highest BCUT2D eigenvalue weighted by Gasteiger charge is 2.35. The van der Waals surface area contributed by atoms with Gasteiger partial charge in [0, 0.05) is 38.3 Å². The fourth-order valence-corrected chi connectivity index (χ4v) is 3.95. The van der Waals surface area contributed by atoms with Crippen molar-refractivity contribution in [2.45, 2.75) is 31.2 Å². The molecule has 0 spiro atoms. The highest BCUT2D eigenvalue weighted by Crippen LogP contribution is 2.28. The van der Waals surface area contributed by atoms with E-state index in [4.69, 9.17) is 10.5 Å². The molecule has 0 aromatic heterocycles. The molecule has 1 amide bonds. The second-order valence-electron chi connectivity index (χ2n) is 7.03. The van der Waals surface area contributed by atoms with E-state index in [0.29, 0.717) is 18.7 Å². The second kappa shape index (κ2) is 7.82. The lowest BCUT2D eigenvalue weighted by Gasteiger charge is -2.42. The SMILES string of the molecule is COCCNS(=O)(=O)c1cccc(C(=O)N2CCC(N)C(C)(C)C2)c1. The Balaban J connectivity index is 2.17. The molecular weight excluding hydrogens is 342 g/mol. The lowest BCUT2D eigenvalue weighted by atomic mass is 9.79. The Labute approximate surface area is 149 Å². The molecule has 0 aliphatic carbocycles. The Kier molecular flexibility index (Phi) is 6.21. The first-order chi connectivity index (χ1) is 11.7. The van der Waals surface area contributed by atoms with Crippen molar-refractivity contribution in [3.8, 4) is 0 Å². The van der Waals surface area contributed by atoms with Gasteiger partial charge in [-0.2, -0.15) is 0 Å². The first-order valence-electron chi connectivity index (χ1n) is 8.31. The van der Waals surface area contributed by atoms with E-state index in [2.05, 4.69) is 4.72 Å². The van der Waals surface area contributed by atoms with Crippen LogP contribution in [0.1, 0.15) is 30.6 Å². The molecule has 0 bridgehead atoms. The predicted octanol–water partition coefficient (Wildman–Crippen LogP) is 0.811. The summed E-state index contributed by atoms with van der Waals surface area (Å²) in [7, 11) is -2.17. The number of nitrogens with zero attached hydrogens (tertiary/aromatic N) is 1. The maximum atomic E-state index is 12.8. The molecule has 1 aromatic carbocycles. The van der Waals surface area contributed by atoms with Crippen molar-refractivity contribution in [1.82, 2.24) is 9.62 Å². The zero-order valence-electron chi connectivity index (χ0n) is 15.0. The van der Waals surface area contributed by atoms with Gasteiger partial charge in [-0.05, 0) is 30.0 Å². The average Bonchev–Trinajstić information content (AvgIpc) is 2.57. The lowest BCUT2D eigenvalue weighted by Crippen LogP contribution is -2.54. The Morgan fingerprint density at radius 1 is 1.44 bits per heavy atom. The molecule has 1 heterocycles. The summed E-state index contributed by atoms with van der Waals surface area (Å²) in [5.74, 6) is -0.172. The monoisotopic (exact) mass is 369 g/mol. The molecule has 0 radical (unpaired) electrons. The van der Waals surface area contributed by atoms with Crippen molar-refractivity contribution in [1.29, 1.82) is 0 Å². The topological polar surface area (TPSA) is 102 Å². The molecule has 1 aliphatic rings. The van der Waals surface area contributed by atoms with Gasteiger partial charge in [-0.1, -0.05) is 19.9 Å². The van der Waals surface area contributed by atoms with Crippen LogP contribution < -0.4 is 10.5 Å². The van der Waals surface area contributed by atoms with Crippen molar-refractivity contribution >= 4 is 15.9 Å². The van der Waals surface area contributed by atoms with Crippen molar-refractivity contribution in [2.75, 3.05) is 33.4 Å². The third-order valence-electron chi connectivity index (χ3n) is 4.59. The Bertz CT molecular complexity index is 718. The second-order valence-corrected chi connectivity index (χ2v) is 8.80. The van der Waals surface area contributed by atoms with Gasteiger partial charge in [-0.15, -0.1) is 0 Å². The van der Waals surface area contributed by atoms with E-state index in [-0.39, 0.29) is 35.4 Å². The summed E-state index contributed by atoms with van der Waals surface area (Å²) < 4.78 is 31.9. The summed E-state index contributed by atoms with van der Waals surface area (Å²) in [5, 5.41) is 0. The van der Waals surface area contributed by atoms with Crippen LogP contribution in [-0.4, -0.2) is 58.6 Å². The van der Waals surface area contributed by atoms with Gasteiger partial charge in [0.1, 0.15) is 0 Å². The number of hydrogen-bond acceptors (Lipinski definition) is 5. The van der Waals surface area contributed by atoms with Crippen molar-refractivity contribution < 1.29 is 17.9 Å². The van der Waals surface area contributed by atoms with Crippen LogP contribution in [0.25, 0.3) is 0 Å². The number of likely N-dealkylation sites (tertiary alicyclic amines) is 1. The number of piperidine rings is 1. The van der Waals surface area contributed by atoms with Gasteiger partial charge in [-0.25, -0.2) is 13.1 Å². The Morgan fingerprint density at radius 3 is 2.80 bits per heavy atom. The van der Waals surface area contributed by atoms with Crippen molar-refractivity contribution in [3.05, 3.63) is 29.8 Å². The van der Waals surface area contributed by atoms with E-state index in [1.165, 1.54) is 19.2 Å². The predicted molar refractivity (Wildman–Crippen MR) is 95.8 cm³/mol. The first kappa shape index (κ1) is 19.8. The summed E-state index contributed by atoms with van der Waals surface area (Å²) >= 11 is 0. The minimum Gasteiger partial charge on any atom is -0.383 e. The van der Waals surface area contributed by atoms with E-state index in [1.807, 2.05) is 13.8 Å². The van der Waals surface area contributed by atoms with Crippen LogP contribution in [-0.2, 0) is 14.8 Å². The summed E-state index contributed by atoms with van der Waals surface area (Å²) in [6.45, 7) is 5.66. The fourth-order valence-electron chi connectivity index (χ4n) is 2.89. The fraction of sp³-hybridized carbons (Fsp3) is 0.588. The molecule has 1 aliphatic heterocycles. The summed E-state index contributed by atoms with van der Waals surface area (Å²) in [6, 6.07) is 6.16. The van der Waals surface area contributed by atoms with Crippen LogP contribution in [0.4, 0.5) is 0 Å². The van der Waals surface area contributed by atoms with Gasteiger partial charge >= 0.3 is 0 Å². The van der Waals surface area contributed by atoms with E-state index < -0.39 is 10.0 Å². The van der Waals surface area contributed by atoms with Gasteiger partial charge in [0.2, 0.25) is 10.0 Å². The van der Waals surface area contributed by atoms with Crippen molar-refractivity contribution in [2.24, 2.45) is 11.1 Å². The zero-order valence-corrected chi connectivity index (χ0v) is 15.8. The van der Waals surface area contributed by atoms with Crippen LogP contribution in [0, 0.1) is 5.41 Å². The van der Waals surface area contributed by atoms with Gasteiger partial charge in [0.05, 0.1) is 11.5 Å². The molecule has 1 atom stereocenters. The Hall–Kier alpha value is -1.48. The normalized spacial score (nSPS) is 20.5. The van der Waals surface area contributed by atoms with Crippen LogP contribution in [0.5, 0.6) is 0 Å². The summed E-state index contributed by atoms with van der Waals surface area (Å²) in [5.41, 5.74) is 6.31. The molecular formula is C17H27N3O4S. The molecule has 1 saturated heterocycles. The summed E-state index contributed by atoms with van der Waals surface area (Å²) in [4.78, 5) is 14.6. The lowest BCUT2D eigenvalue weighted by molar-refractivity contribution is 0.0533. The van der Waals surface area contributed by atoms with Gasteiger partial charge in [0.25, 0.3) is 5.91 Å². The number of amides is 1. The van der Waals surface area contributed by atoms with E-state index in [1.54, 1.807) is 17.0 Å². The van der Waals surface area contributed by atoms with E-state index in [9.17, 15) is 13.2 Å². The highest BCUT2D eigenvalue weighted by atomic mass is 32.2. The number of methoxy groups -OCH3 is 1. The quantitative estimate of drug-likeness (QED) is 0.723. The number of sulfonamides is 1. The zero-order chi connectivity index (χ0) is 18.7. The van der Waals surface area contributed by atoms with Crippen LogP contribution in [0.2, 0.25) is 0 Å². The maximum Gasteiger partial charge on any atom is 0.253 e. The third kappa shape index (κ3) is 4.78. The van der Waals surface area contributed by atoms with Gasteiger partial charge in [-0.3, -0.25) is 4.79 Å². The molecule has 0 saturated carbocycles. The number of benzene rings is 1.